The molecule has 1 aromatic carbocycles. The van der Waals surface area contributed by atoms with Crippen molar-refractivity contribution in [2.24, 2.45) is 0 Å². The second-order valence-electron chi connectivity index (χ2n) is 4.00. The molecule has 2 aromatic rings. The first kappa shape index (κ1) is 12.3. The van der Waals surface area contributed by atoms with Gasteiger partial charge in [0.15, 0.2) is 0 Å². The molecule has 94 valence electrons. The van der Waals surface area contributed by atoms with Gasteiger partial charge >= 0.3 is 5.97 Å². The van der Waals surface area contributed by atoms with Gasteiger partial charge in [-0.25, -0.2) is 4.98 Å². The number of rotatable bonds is 4. The maximum absolute atomic E-state index is 11.5. The molecule has 1 aromatic heterocycles. The highest BCUT2D eigenvalue weighted by molar-refractivity contribution is 5.78. The third-order valence-corrected chi connectivity index (χ3v) is 2.51. The molecular formula is C13H14N2O3. The summed E-state index contributed by atoms with van der Waals surface area (Å²) in [6.07, 6.45) is 3.38. The standard InChI is InChI=1S/C13H14N2O3/c1-2-3-4-13(17)18-9-5-6-10-11(7-9)15-12(16)8-14-10/h5-8H,2-4H2,1H3,(H,15,16). The quantitative estimate of drug-likeness (QED) is 0.661. The van der Waals surface area contributed by atoms with E-state index in [1.165, 1.54) is 6.20 Å². The number of hydrogen-bond donors (Lipinski definition) is 1. The summed E-state index contributed by atoms with van der Waals surface area (Å²) >= 11 is 0. The summed E-state index contributed by atoms with van der Waals surface area (Å²) < 4.78 is 5.18. The molecule has 0 aliphatic carbocycles. The van der Waals surface area contributed by atoms with Gasteiger partial charge in [0.25, 0.3) is 5.56 Å². The number of aromatic nitrogens is 2. The van der Waals surface area contributed by atoms with E-state index in [1.807, 2.05) is 6.92 Å². The molecule has 1 N–H and O–H groups in total. The minimum Gasteiger partial charge on any atom is -0.426 e. The van der Waals surface area contributed by atoms with E-state index in [-0.39, 0.29) is 11.5 Å². The number of fused-ring (bicyclic) bond motifs is 1. The number of nitrogens with one attached hydrogen (secondary N) is 1. The molecule has 2 rings (SSSR count). The minimum atomic E-state index is -0.281. The van der Waals surface area contributed by atoms with E-state index in [9.17, 15) is 9.59 Å². The molecule has 0 spiro atoms. The highest BCUT2D eigenvalue weighted by Gasteiger charge is 2.05. The van der Waals surface area contributed by atoms with Crippen LogP contribution in [0.3, 0.4) is 0 Å². The Kier molecular flexibility index (Phi) is 3.72. The van der Waals surface area contributed by atoms with Crippen LogP contribution in [0.15, 0.2) is 29.2 Å². The van der Waals surface area contributed by atoms with Crippen molar-refractivity contribution < 1.29 is 9.53 Å². The van der Waals surface area contributed by atoms with Gasteiger partial charge in [0, 0.05) is 12.5 Å². The van der Waals surface area contributed by atoms with Crippen LogP contribution in [0.5, 0.6) is 5.75 Å². The van der Waals surface area contributed by atoms with Gasteiger partial charge in [0.05, 0.1) is 17.2 Å². The first-order valence-electron chi connectivity index (χ1n) is 5.89. The van der Waals surface area contributed by atoms with Gasteiger partial charge in [-0.1, -0.05) is 13.3 Å². The van der Waals surface area contributed by atoms with E-state index < -0.39 is 0 Å². The molecule has 0 amide bonds. The largest absolute Gasteiger partial charge is 0.426 e. The Bertz CT molecular complexity index is 619. The summed E-state index contributed by atoms with van der Waals surface area (Å²) in [5.74, 6) is 0.162. The van der Waals surface area contributed by atoms with E-state index in [0.29, 0.717) is 23.2 Å². The van der Waals surface area contributed by atoms with E-state index in [2.05, 4.69) is 9.97 Å². The summed E-state index contributed by atoms with van der Waals surface area (Å²) in [4.78, 5) is 29.2. The summed E-state index contributed by atoms with van der Waals surface area (Å²) in [6.45, 7) is 2.01. The Hall–Kier alpha value is -2.17. The van der Waals surface area contributed by atoms with Crippen molar-refractivity contribution in [2.75, 3.05) is 0 Å². The zero-order valence-electron chi connectivity index (χ0n) is 10.1. The Balaban J connectivity index is 2.19. The number of H-pyrrole nitrogens is 1. The van der Waals surface area contributed by atoms with Gasteiger partial charge in [0.2, 0.25) is 0 Å². The number of esters is 1. The number of carbonyl (C=O) groups is 1. The molecule has 0 saturated carbocycles. The molecule has 0 bridgehead atoms. The lowest BCUT2D eigenvalue weighted by atomic mass is 10.2. The average molecular weight is 246 g/mol. The van der Waals surface area contributed by atoms with Gasteiger partial charge < -0.3 is 9.72 Å². The Morgan fingerprint density at radius 3 is 3.06 bits per heavy atom. The molecule has 1 heterocycles. The number of ether oxygens (including phenoxy) is 1. The highest BCUT2D eigenvalue weighted by atomic mass is 16.5. The zero-order valence-corrected chi connectivity index (χ0v) is 10.1. The maximum Gasteiger partial charge on any atom is 0.311 e. The predicted molar refractivity (Wildman–Crippen MR) is 67.5 cm³/mol. The van der Waals surface area contributed by atoms with Crippen molar-refractivity contribution in [3.8, 4) is 5.75 Å². The number of unbranched alkanes of at least 4 members (excludes halogenated alkanes) is 1. The molecule has 0 saturated heterocycles. The third-order valence-electron chi connectivity index (χ3n) is 2.51. The Morgan fingerprint density at radius 2 is 2.28 bits per heavy atom. The average Bonchev–Trinajstić information content (AvgIpc) is 2.36. The van der Waals surface area contributed by atoms with E-state index >= 15 is 0 Å². The summed E-state index contributed by atoms with van der Waals surface area (Å²) in [7, 11) is 0. The van der Waals surface area contributed by atoms with Crippen molar-refractivity contribution in [1.29, 1.82) is 0 Å². The number of aromatic amines is 1. The molecule has 0 aliphatic heterocycles. The van der Waals surface area contributed by atoms with Gasteiger partial charge in [0.1, 0.15) is 5.75 Å². The van der Waals surface area contributed by atoms with Gasteiger partial charge in [-0.3, -0.25) is 9.59 Å². The molecule has 0 radical (unpaired) electrons. The van der Waals surface area contributed by atoms with E-state index in [0.717, 1.165) is 12.8 Å². The smallest absolute Gasteiger partial charge is 0.311 e. The number of nitrogens with zero attached hydrogens (tertiary/aromatic N) is 1. The van der Waals surface area contributed by atoms with Crippen LogP contribution in [0.1, 0.15) is 26.2 Å². The number of carbonyl (C=O) groups excluding carboxylic acids is 1. The van der Waals surface area contributed by atoms with Crippen molar-refractivity contribution in [3.05, 3.63) is 34.7 Å². The van der Waals surface area contributed by atoms with Crippen LogP contribution >= 0.6 is 0 Å². The maximum atomic E-state index is 11.5. The topological polar surface area (TPSA) is 72.0 Å². The van der Waals surface area contributed by atoms with Crippen molar-refractivity contribution in [2.45, 2.75) is 26.2 Å². The molecule has 18 heavy (non-hydrogen) atoms. The Labute approximate surface area is 104 Å². The summed E-state index contributed by atoms with van der Waals surface area (Å²) in [5.41, 5.74) is 0.934. The fraction of sp³-hybridized carbons (Fsp3) is 0.308. The lowest BCUT2D eigenvalue weighted by molar-refractivity contribution is -0.134. The molecule has 0 unspecified atom stereocenters. The molecule has 5 nitrogen and oxygen atoms in total. The molecule has 0 fully saturated rings. The predicted octanol–water partition coefficient (Wildman–Crippen LogP) is 2.02. The van der Waals surface area contributed by atoms with Crippen LogP contribution in [-0.4, -0.2) is 15.9 Å². The lowest BCUT2D eigenvalue weighted by Gasteiger charge is -2.04. The molecule has 0 aliphatic rings. The van der Waals surface area contributed by atoms with Gasteiger partial charge in [-0.2, -0.15) is 0 Å². The SMILES string of the molecule is CCCCC(=O)Oc1ccc2ncc(=O)[nH]c2c1. The molecule has 0 atom stereocenters. The van der Waals surface area contributed by atoms with Gasteiger partial charge in [-0.15, -0.1) is 0 Å². The second-order valence-corrected chi connectivity index (χ2v) is 4.00. The zero-order chi connectivity index (χ0) is 13.0. The van der Waals surface area contributed by atoms with Crippen molar-refractivity contribution in [3.63, 3.8) is 0 Å². The number of hydrogen-bond acceptors (Lipinski definition) is 4. The second kappa shape index (κ2) is 5.44. The van der Waals surface area contributed by atoms with Crippen LogP contribution < -0.4 is 10.3 Å². The van der Waals surface area contributed by atoms with E-state index in [1.54, 1.807) is 18.2 Å². The lowest BCUT2D eigenvalue weighted by Crippen LogP contribution is -2.08. The molecular weight excluding hydrogens is 232 g/mol. The van der Waals surface area contributed by atoms with Crippen LogP contribution in [-0.2, 0) is 4.79 Å². The number of benzene rings is 1. The van der Waals surface area contributed by atoms with Crippen LogP contribution in [0.4, 0.5) is 0 Å². The van der Waals surface area contributed by atoms with Crippen molar-refractivity contribution in [1.82, 2.24) is 9.97 Å². The van der Waals surface area contributed by atoms with Crippen LogP contribution in [0, 0.1) is 0 Å². The summed E-state index contributed by atoms with van der Waals surface area (Å²) in [5, 5.41) is 0. The highest BCUT2D eigenvalue weighted by Crippen LogP contribution is 2.17. The van der Waals surface area contributed by atoms with E-state index in [4.69, 9.17) is 4.74 Å². The minimum absolute atomic E-state index is 0.262. The normalized spacial score (nSPS) is 10.5. The van der Waals surface area contributed by atoms with Crippen LogP contribution in [0.2, 0.25) is 0 Å². The van der Waals surface area contributed by atoms with Gasteiger partial charge in [-0.05, 0) is 18.6 Å². The fourth-order valence-corrected chi connectivity index (χ4v) is 1.59. The Morgan fingerprint density at radius 1 is 1.44 bits per heavy atom. The van der Waals surface area contributed by atoms with Crippen molar-refractivity contribution >= 4 is 17.0 Å². The fourth-order valence-electron chi connectivity index (χ4n) is 1.59. The first-order valence-corrected chi connectivity index (χ1v) is 5.89. The first-order chi connectivity index (χ1) is 8.69. The summed E-state index contributed by atoms with van der Waals surface area (Å²) in [6, 6.07) is 4.97. The third kappa shape index (κ3) is 2.94. The molecule has 5 heteroatoms. The monoisotopic (exact) mass is 246 g/mol. The van der Waals surface area contributed by atoms with Crippen LogP contribution in [0.25, 0.3) is 11.0 Å².